The predicted molar refractivity (Wildman–Crippen MR) is 169 cm³/mol. The Bertz CT molecular complexity index is 2050. The third kappa shape index (κ3) is 0.741. The van der Waals surface area contributed by atoms with Crippen molar-refractivity contribution in [2.45, 2.75) is 123 Å². The van der Waals surface area contributed by atoms with E-state index in [1.807, 2.05) is 0 Å². The van der Waals surface area contributed by atoms with Crippen LogP contribution in [0.2, 0.25) is 38.0 Å². The zero-order chi connectivity index (χ0) is 31.4. The van der Waals surface area contributed by atoms with Crippen molar-refractivity contribution in [3.63, 3.8) is 0 Å². The van der Waals surface area contributed by atoms with Crippen LogP contribution in [0.4, 0.5) is 26.3 Å². The van der Waals surface area contributed by atoms with Gasteiger partial charge < -0.3 is 0 Å². The Morgan fingerprint density at radius 1 is 0.636 bits per heavy atom. The van der Waals surface area contributed by atoms with E-state index in [4.69, 9.17) is 0 Å². The molecule has 0 bridgehead atoms. The summed E-state index contributed by atoms with van der Waals surface area (Å²) in [4.78, 5) is 4.94. The Kier molecular flexibility index (Phi) is 2.47. The van der Waals surface area contributed by atoms with E-state index in [2.05, 4.69) is 48.5 Å². The Morgan fingerprint density at radius 2 is 0.977 bits per heavy atom. The quantitative estimate of drug-likeness (QED) is 0.159. The molecule has 2 aromatic rings. The molecule has 44 heavy (non-hydrogen) atoms. The standard InChI is InChI=1S/C29H34F6P3.C5H5.Fe/c1-18(38(26(2,3)4)27(5,6)7)25-23(36-21-14-10-8-12-19(21)28(30,31)32)16-17-24(25)37-22-15-11-9-13-20(22)29(33,34)35;1-2-4-5-3-1;/h8-18,36-37H,1-7H3;1-5H;. The van der Waals surface area contributed by atoms with Gasteiger partial charge >= 0.3 is 251 Å². The Morgan fingerprint density at radius 3 is 1.27 bits per heavy atom. The van der Waals surface area contributed by atoms with E-state index >= 15 is 0 Å². The minimum atomic E-state index is -4.76. The van der Waals surface area contributed by atoms with Crippen LogP contribution in [0, 0.1) is 0 Å². The fraction of sp³-hybridized carbons (Fsp3) is 0.647. The second kappa shape index (κ2) is 4.06. The summed E-state index contributed by atoms with van der Waals surface area (Å²) < 4.78 is 87.3. The van der Waals surface area contributed by atoms with Gasteiger partial charge in [0.1, 0.15) is 0 Å². The normalized spacial score (nSPS) is 59.7. The van der Waals surface area contributed by atoms with Crippen LogP contribution in [0.3, 0.4) is 0 Å². The van der Waals surface area contributed by atoms with Crippen molar-refractivity contribution in [3.8, 4) is 0 Å². The summed E-state index contributed by atoms with van der Waals surface area (Å²) in [7, 11) is -0.241. The van der Waals surface area contributed by atoms with Gasteiger partial charge in [0.05, 0.1) is 0 Å². The van der Waals surface area contributed by atoms with Gasteiger partial charge in [0.15, 0.2) is 0 Å². The van der Waals surface area contributed by atoms with Crippen molar-refractivity contribution in [2.75, 3.05) is 0 Å². The molecule has 1 spiro atoms. The molecule has 10 fully saturated rings. The first kappa shape index (κ1) is 26.7. The average Bonchev–Trinajstić information content (AvgIpc) is 3.82. The average molecular weight is 710 g/mol. The van der Waals surface area contributed by atoms with Crippen LogP contribution in [0.25, 0.3) is 0 Å². The SMILES string of the molecule is CC(P(C(C)(C)C)C(C)(C)C)[C]12[C]3(Pc4ccccc4C(F)(F)F)[CH]4[CH]5[C@@]1(Pc1ccccc1C(F)(F)F)[Fe]45321678[CH]2[CH]1[CH]6[CH]7[CH]28. The molecule has 10 heterocycles. The monoisotopic (exact) mass is 710 g/mol. The first-order valence-electron chi connectivity index (χ1n) is 15.9. The van der Waals surface area contributed by atoms with E-state index in [-0.39, 0.29) is 39.9 Å². The summed E-state index contributed by atoms with van der Waals surface area (Å²) in [5.74, 6) is 0. The summed E-state index contributed by atoms with van der Waals surface area (Å²) >= 11 is 0. The molecule has 10 saturated heterocycles. The maximum absolute atomic E-state index is 14.5. The topological polar surface area (TPSA) is 0 Å². The summed E-state index contributed by atoms with van der Waals surface area (Å²) in [5.41, 5.74) is -0.567. The van der Waals surface area contributed by atoms with Crippen LogP contribution in [0.15, 0.2) is 48.5 Å². The molecule has 0 N–H and O–H groups in total. The van der Waals surface area contributed by atoms with Gasteiger partial charge in [-0.25, -0.2) is 0 Å². The molecule has 0 nitrogen and oxygen atoms in total. The summed E-state index contributed by atoms with van der Waals surface area (Å²) in [6.07, 6.45) is -8.80. The molecule has 0 aromatic heterocycles. The van der Waals surface area contributed by atoms with Crippen LogP contribution in [0.5, 0.6) is 0 Å². The number of benzene rings is 2. The molecule has 10 aliphatic rings. The number of fused-ring (bicyclic) bond motifs is 10. The van der Waals surface area contributed by atoms with Gasteiger partial charge in [-0.3, -0.25) is 0 Å². The molecular formula is C34H39F6FeP3. The Balaban J connectivity index is 1.14. The van der Waals surface area contributed by atoms with Crippen molar-refractivity contribution in [1.29, 1.82) is 0 Å². The molecule has 12 rings (SSSR count). The minimum absolute atomic E-state index is 0.0272. The van der Waals surface area contributed by atoms with Gasteiger partial charge in [0.2, 0.25) is 0 Å². The number of alkyl halides is 6. The molecular weight excluding hydrogens is 671 g/mol. The molecule has 0 saturated carbocycles. The van der Waals surface area contributed by atoms with E-state index in [0.717, 1.165) is 24.1 Å². The molecule has 0 aliphatic carbocycles. The fourth-order valence-electron chi connectivity index (χ4n) is 23.4. The Labute approximate surface area is 250 Å². The van der Waals surface area contributed by atoms with Gasteiger partial charge in [-0.1, -0.05) is 0 Å². The molecule has 10 heteroatoms. The van der Waals surface area contributed by atoms with E-state index in [0.29, 0.717) is 25.9 Å². The number of hydrogen-bond donors (Lipinski definition) is 0. The van der Waals surface area contributed by atoms with Gasteiger partial charge in [0.25, 0.3) is 0 Å². The van der Waals surface area contributed by atoms with Crippen molar-refractivity contribution < 1.29 is 32.9 Å². The second-order valence-electron chi connectivity index (χ2n) is 19.6. The van der Waals surface area contributed by atoms with Crippen LogP contribution < -0.4 is 10.6 Å². The van der Waals surface area contributed by atoms with Crippen LogP contribution in [-0.2, 0) is 18.9 Å². The zero-order valence-electron chi connectivity index (χ0n) is 25.8. The van der Waals surface area contributed by atoms with Gasteiger partial charge in [-0.2, -0.15) is 0 Å². The molecule has 0 radical (unpaired) electrons. The third-order valence-electron chi connectivity index (χ3n) is 20.7. The van der Waals surface area contributed by atoms with Crippen molar-refractivity contribution in [2.24, 2.45) is 0 Å². The fourth-order valence-corrected chi connectivity index (χ4v) is 134. The van der Waals surface area contributed by atoms with Gasteiger partial charge in [-0.05, 0) is 0 Å². The summed E-state index contributed by atoms with van der Waals surface area (Å²) in [6, 6.07) is 12.7. The van der Waals surface area contributed by atoms with Crippen molar-refractivity contribution in [3.05, 3.63) is 59.7 Å². The maximum atomic E-state index is 14.5. The molecule has 7 unspecified atom stereocenters. The summed E-state index contributed by atoms with van der Waals surface area (Å²) in [5, 5.41) is 1.09. The van der Waals surface area contributed by atoms with E-state index in [1.54, 1.807) is 24.3 Å². The first-order valence-corrected chi connectivity index (χ1v) is 25.4. The summed E-state index contributed by atoms with van der Waals surface area (Å²) in [6.45, 7) is 11.9. The molecule has 240 valence electrons. The first-order chi connectivity index (χ1) is 20.0. The van der Waals surface area contributed by atoms with E-state index in [1.165, 1.54) is 24.3 Å². The van der Waals surface area contributed by atoms with Crippen molar-refractivity contribution >= 4 is 35.7 Å². The number of halogens is 6. The van der Waals surface area contributed by atoms with E-state index in [9.17, 15) is 26.3 Å². The number of hydrogen-bond acceptors (Lipinski definition) is 0. The van der Waals surface area contributed by atoms with E-state index < -0.39 is 37.9 Å². The third-order valence-corrected chi connectivity index (χ3v) is 80.7. The van der Waals surface area contributed by atoms with Crippen LogP contribution in [-0.4, -0.2) is 24.1 Å². The van der Waals surface area contributed by atoms with Crippen molar-refractivity contribution in [1.82, 2.24) is 0 Å². The molecule has 2 aromatic carbocycles. The predicted octanol–water partition coefficient (Wildman–Crippen LogP) is 11.1. The zero-order valence-corrected chi connectivity index (χ0v) is 29.8. The molecule has 10 aliphatic heterocycles. The van der Waals surface area contributed by atoms with Crippen LogP contribution >= 0.6 is 25.1 Å². The molecule has 8 atom stereocenters. The van der Waals surface area contributed by atoms with Gasteiger partial charge in [-0.15, -0.1) is 0 Å². The second-order valence-corrected chi connectivity index (χ2v) is 50.8. The number of rotatable bonds is 6. The molecule has 0 amide bonds. The van der Waals surface area contributed by atoms with Crippen LogP contribution in [0.1, 0.15) is 59.6 Å². The van der Waals surface area contributed by atoms with Gasteiger partial charge in [0, 0.05) is 0 Å². The Hall–Kier alpha value is -0.171.